The van der Waals surface area contributed by atoms with Gasteiger partial charge in [-0.3, -0.25) is 9.59 Å². The first kappa shape index (κ1) is 18.2. The molecule has 0 aliphatic heterocycles. The van der Waals surface area contributed by atoms with Gasteiger partial charge in [-0.2, -0.15) is 0 Å². The quantitative estimate of drug-likeness (QED) is 0.373. The highest BCUT2D eigenvalue weighted by Gasteiger charge is 2.13. The molecule has 1 N–H and O–H groups in total. The number of benzene rings is 2. The van der Waals surface area contributed by atoms with Gasteiger partial charge in [-0.15, -0.1) is 0 Å². The molecular weight excluding hydrogens is 314 g/mol. The molecule has 0 saturated carbocycles. The smallest absolute Gasteiger partial charge is 0.259 e. The standard InChI is InChI=1S/C21H21NO3/c1-15-11-13-18(14-12-15)22-21(24)19(16(2)23)9-6-8-17-7-4-5-10-20(17)25-3/h4-14H,1-3H3,(H,22,24)/b8-6+,19-9+. The number of ketones is 1. The van der Waals surface area contributed by atoms with Gasteiger partial charge in [0.25, 0.3) is 5.91 Å². The van der Waals surface area contributed by atoms with E-state index in [0.717, 1.165) is 16.9 Å². The van der Waals surface area contributed by atoms with Crippen LogP contribution in [0.2, 0.25) is 0 Å². The summed E-state index contributed by atoms with van der Waals surface area (Å²) in [5, 5.41) is 2.74. The van der Waals surface area contributed by atoms with E-state index in [2.05, 4.69) is 5.32 Å². The Labute approximate surface area is 147 Å². The normalized spacial score (nSPS) is 11.4. The number of rotatable bonds is 6. The summed E-state index contributed by atoms with van der Waals surface area (Å²) < 4.78 is 5.27. The molecule has 0 aliphatic carbocycles. The van der Waals surface area contributed by atoms with Crippen molar-refractivity contribution >= 4 is 23.5 Å². The minimum Gasteiger partial charge on any atom is -0.496 e. The number of para-hydroxylation sites is 1. The van der Waals surface area contributed by atoms with Crippen molar-refractivity contribution in [3.63, 3.8) is 0 Å². The molecule has 4 heteroatoms. The first-order valence-electron chi connectivity index (χ1n) is 7.91. The molecule has 128 valence electrons. The third-order valence-corrected chi connectivity index (χ3v) is 3.61. The lowest BCUT2D eigenvalue weighted by Crippen LogP contribution is -2.18. The summed E-state index contributed by atoms with van der Waals surface area (Å²) in [5.41, 5.74) is 2.70. The van der Waals surface area contributed by atoms with Gasteiger partial charge in [-0.1, -0.05) is 48.0 Å². The number of hydrogen-bond donors (Lipinski definition) is 1. The van der Waals surface area contributed by atoms with Crippen molar-refractivity contribution in [1.82, 2.24) is 0 Å². The van der Waals surface area contributed by atoms with Crippen LogP contribution in [0.15, 0.2) is 66.3 Å². The van der Waals surface area contributed by atoms with Crippen LogP contribution in [0.4, 0.5) is 5.69 Å². The van der Waals surface area contributed by atoms with Crippen LogP contribution in [0.3, 0.4) is 0 Å². The van der Waals surface area contributed by atoms with Crippen molar-refractivity contribution in [2.45, 2.75) is 13.8 Å². The Morgan fingerprint density at radius 3 is 2.36 bits per heavy atom. The third kappa shape index (κ3) is 5.18. The molecule has 0 atom stereocenters. The van der Waals surface area contributed by atoms with Crippen LogP contribution in [0, 0.1) is 6.92 Å². The molecule has 0 spiro atoms. The van der Waals surface area contributed by atoms with Crippen molar-refractivity contribution < 1.29 is 14.3 Å². The average Bonchev–Trinajstić information content (AvgIpc) is 2.60. The molecule has 0 aromatic heterocycles. The van der Waals surface area contributed by atoms with Crippen LogP contribution in [0.5, 0.6) is 5.75 Å². The Bertz CT molecular complexity index is 817. The average molecular weight is 335 g/mol. The van der Waals surface area contributed by atoms with Gasteiger partial charge in [-0.25, -0.2) is 0 Å². The molecule has 25 heavy (non-hydrogen) atoms. The van der Waals surface area contributed by atoms with Gasteiger partial charge in [0.15, 0.2) is 5.78 Å². The van der Waals surface area contributed by atoms with E-state index in [0.29, 0.717) is 5.69 Å². The fraction of sp³-hybridized carbons (Fsp3) is 0.143. The van der Waals surface area contributed by atoms with E-state index in [9.17, 15) is 9.59 Å². The minimum atomic E-state index is -0.430. The van der Waals surface area contributed by atoms with Gasteiger partial charge in [-0.05, 0) is 38.1 Å². The zero-order valence-corrected chi connectivity index (χ0v) is 14.6. The van der Waals surface area contributed by atoms with E-state index in [4.69, 9.17) is 4.74 Å². The monoisotopic (exact) mass is 335 g/mol. The zero-order chi connectivity index (χ0) is 18.2. The molecule has 0 fully saturated rings. The summed E-state index contributed by atoms with van der Waals surface area (Å²) in [6.45, 7) is 3.34. The molecule has 4 nitrogen and oxygen atoms in total. The van der Waals surface area contributed by atoms with Crippen molar-refractivity contribution in [1.29, 1.82) is 0 Å². The topological polar surface area (TPSA) is 55.4 Å². The number of allylic oxidation sites excluding steroid dienone is 2. The number of aryl methyl sites for hydroxylation is 1. The van der Waals surface area contributed by atoms with E-state index < -0.39 is 5.91 Å². The predicted octanol–water partition coefficient (Wildman–Crippen LogP) is 4.17. The number of methoxy groups -OCH3 is 1. The Balaban J connectivity index is 2.17. The van der Waals surface area contributed by atoms with Crippen molar-refractivity contribution in [3.8, 4) is 5.75 Å². The summed E-state index contributed by atoms with van der Waals surface area (Å²) in [7, 11) is 1.60. The predicted molar refractivity (Wildman–Crippen MR) is 101 cm³/mol. The molecular formula is C21H21NO3. The summed E-state index contributed by atoms with van der Waals surface area (Å²) in [6, 6.07) is 14.9. The largest absolute Gasteiger partial charge is 0.496 e. The number of carbonyl (C=O) groups excluding carboxylic acids is 2. The van der Waals surface area contributed by atoms with E-state index in [-0.39, 0.29) is 11.4 Å². The second-order valence-electron chi connectivity index (χ2n) is 5.56. The first-order valence-corrected chi connectivity index (χ1v) is 7.91. The molecule has 2 rings (SSSR count). The van der Waals surface area contributed by atoms with Crippen LogP contribution in [-0.2, 0) is 9.59 Å². The number of hydrogen-bond acceptors (Lipinski definition) is 3. The second kappa shape index (κ2) is 8.64. The van der Waals surface area contributed by atoms with Crippen molar-refractivity contribution in [2.24, 2.45) is 0 Å². The lowest BCUT2D eigenvalue weighted by molar-refractivity contribution is -0.118. The number of amides is 1. The van der Waals surface area contributed by atoms with Crippen molar-refractivity contribution in [2.75, 3.05) is 12.4 Å². The lowest BCUT2D eigenvalue weighted by Gasteiger charge is -2.06. The molecule has 1 amide bonds. The summed E-state index contributed by atoms with van der Waals surface area (Å²) in [6.07, 6.45) is 4.97. The van der Waals surface area contributed by atoms with Crippen LogP contribution in [0.25, 0.3) is 6.08 Å². The third-order valence-electron chi connectivity index (χ3n) is 3.61. The molecule has 2 aromatic carbocycles. The van der Waals surface area contributed by atoms with E-state index in [1.54, 1.807) is 31.4 Å². The van der Waals surface area contributed by atoms with Crippen LogP contribution < -0.4 is 10.1 Å². The van der Waals surface area contributed by atoms with Crippen LogP contribution in [0.1, 0.15) is 18.1 Å². The number of ether oxygens (including phenoxy) is 1. The van der Waals surface area contributed by atoms with Gasteiger partial charge in [0.05, 0.1) is 12.7 Å². The molecule has 0 heterocycles. The first-order chi connectivity index (χ1) is 12.0. The van der Waals surface area contributed by atoms with E-state index in [1.807, 2.05) is 43.3 Å². The second-order valence-corrected chi connectivity index (χ2v) is 5.56. The molecule has 0 radical (unpaired) electrons. The summed E-state index contributed by atoms with van der Waals surface area (Å²) >= 11 is 0. The van der Waals surface area contributed by atoms with Crippen LogP contribution >= 0.6 is 0 Å². The fourth-order valence-electron chi connectivity index (χ4n) is 2.24. The zero-order valence-electron chi connectivity index (χ0n) is 14.6. The maximum atomic E-state index is 12.3. The van der Waals surface area contributed by atoms with Gasteiger partial charge in [0.1, 0.15) is 5.75 Å². The Hall–Kier alpha value is -3.14. The number of anilines is 1. The van der Waals surface area contributed by atoms with Gasteiger partial charge in [0, 0.05) is 11.3 Å². The minimum absolute atomic E-state index is 0.0896. The van der Waals surface area contributed by atoms with Gasteiger partial charge >= 0.3 is 0 Å². The maximum absolute atomic E-state index is 12.3. The Morgan fingerprint density at radius 1 is 1.04 bits per heavy atom. The Morgan fingerprint density at radius 2 is 1.72 bits per heavy atom. The van der Waals surface area contributed by atoms with Gasteiger partial charge in [0.2, 0.25) is 0 Å². The summed E-state index contributed by atoms with van der Waals surface area (Å²) in [4.78, 5) is 24.2. The Kier molecular flexibility index (Phi) is 6.29. The molecule has 2 aromatic rings. The summed E-state index contributed by atoms with van der Waals surface area (Å²) in [5.74, 6) is -0.00375. The molecule has 0 unspecified atom stereocenters. The molecule has 0 aliphatic rings. The number of Topliss-reactive ketones (excluding diaryl/α,β-unsaturated/α-hetero) is 1. The van der Waals surface area contributed by atoms with E-state index in [1.165, 1.54) is 13.0 Å². The van der Waals surface area contributed by atoms with Crippen LogP contribution in [-0.4, -0.2) is 18.8 Å². The number of carbonyl (C=O) groups is 2. The maximum Gasteiger partial charge on any atom is 0.259 e. The van der Waals surface area contributed by atoms with Crippen molar-refractivity contribution in [3.05, 3.63) is 77.4 Å². The SMILES string of the molecule is COc1ccccc1/C=C/C=C(\C(C)=O)C(=O)Nc1ccc(C)cc1. The number of nitrogens with one attached hydrogen (secondary N) is 1. The highest BCUT2D eigenvalue weighted by atomic mass is 16.5. The highest BCUT2D eigenvalue weighted by Crippen LogP contribution is 2.19. The fourth-order valence-corrected chi connectivity index (χ4v) is 2.24. The van der Waals surface area contributed by atoms with E-state index >= 15 is 0 Å². The van der Waals surface area contributed by atoms with Gasteiger partial charge < -0.3 is 10.1 Å². The molecule has 0 bridgehead atoms. The lowest BCUT2D eigenvalue weighted by atomic mass is 10.1. The highest BCUT2D eigenvalue weighted by molar-refractivity contribution is 6.23. The molecule has 0 saturated heterocycles.